The number of halogens is 5. The fraction of sp³-hybridized carbons (Fsp3) is 0.538. The van der Waals surface area contributed by atoms with E-state index in [-0.39, 0.29) is 29.4 Å². The molecule has 0 spiro atoms. The van der Waals surface area contributed by atoms with E-state index in [9.17, 15) is 13.2 Å². The maximum atomic E-state index is 13.6. The third kappa shape index (κ3) is 3.21. The second kappa shape index (κ2) is 5.41. The average molecular weight is 342 g/mol. The fourth-order valence-electron chi connectivity index (χ4n) is 2.38. The van der Waals surface area contributed by atoms with Gasteiger partial charge in [-0.15, -0.1) is 0 Å². The van der Waals surface area contributed by atoms with Gasteiger partial charge in [-0.2, -0.15) is 0 Å². The van der Waals surface area contributed by atoms with Crippen molar-refractivity contribution >= 4 is 27.5 Å². The Hall–Kier alpha value is -0.220. The van der Waals surface area contributed by atoms with Crippen LogP contribution in [0.2, 0.25) is 5.02 Å². The molecule has 1 aliphatic carbocycles. The standard InChI is InChI=1S/C13H13BrClF3/c14-10(8-4-5-13(17,18)7-8)6-9-11(15)2-1-3-12(9)16/h1-3,8,10H,4-7H2. The predicted octanol–water partition coefficient (Wildman–Crippen LogP) is 5.22. The summed E-state index contributed by atoms with van der Waals surface area (Å²) in [4.78, 5) is -0.166. The summed E-state index contributed by atoms with van der Waals surface area (Å²) in [6, 6.07) is 4.49. The summed E-state index contributed by atoms with van der Waals surface area (Å²) in [6.45, 7) is 0. The van der Waals surface area contributed by atoms with Gasteiger partial charge in [-0.25, -0.2) is 13.2 Å². The van der Waals surface area contributed by atoms with Crippen molar-refractivity contribution in [2.45, 2.75) is 36.4 Å². The number of rotatable bonds is 3. The molecule has 100 valence electrons. The van der Waals surface area contributed by atoms with Crippen LogP contribution in [0.3, 0.4) is 0 Å². The Morgan fingerprint density at radius 1 is 1.44 bits per heavy atom. The number of benzene rings is 1. The molecule has 1 fully saturated rings. The average Bonchev–Trinajstić information content (AvgIpc) is 2.64. The molecule has 2 unspecified atom stereocenters. The number of alkyl halides is 3. The molecule has 0 amide bonds. The van der Waals surface area contributed by atoms with Gasteiger partial charge in [0.2, 0.25) is 5.92 Å². The molecule has 2 rings (SSSR count). The molecule has 18 heavy (non-hydrogen) atoms. The maximum absolute atomic E-state index is 13.6. The first-order valence-electron chi connectivity index (χ1n) is 5.84. The molecule has 0 radical (unpaired) electrons. The highest BCUT2D eigenvalue weighted by Gasteiger charge is 2.42. The van der Waals surface area contributed by atoms with E-state index in [1.165, 1.54) is 12.1 Å². The Labute approximate surface area is 118 Å². The van der Waals surface area contributed by atoms with Gasteiger partial charge in [0.15, 0.2) is 0 Å². The lowest BCUT2D eigenvalue weighted by molar-refractivity contribution is 0.00504. The molecule has 0 aliphatic heterocycles. The van der Waals surface area contributed by atoms with Crippen molar-refractivity contribution in [3.63, 3.8) is 0 Å². The molecule has 2 atom stereocenters. The first-order chi connectivity index (χ1) is 8.39. The molecule has 1 saturated carbocycles. The van der Waals surface area contributed by atoms with Crippen LogP contribution in [0.1, 0.15) is 24.8 Å². The maximum Gasteiger partial charge on any atom is 0.248 e. The van der Waals surface area contributed by atoms with Gasteiger partial charge in [0, 0.05) is 28.3 Å². The van der Waals surface area contributed by atoms with Crippen LogP contribution in [0.4, 0.5) is 13.2 Å². The van der Waals surface area contributed by atoms with E-state index in [1.54, 1.807) is 6.07 Å². The summed E-state index contributed by atoms with van der Waals surface area (Å²) < 4.78 is 39.9. The topological polar surface area (TPSA) is 0 Å². The predicted molar refractivity (Wildman–Crippen MR) is 70.1 cm³/mol. The van der Waals surface area contributed by atoms with Crippen molar-refractivity contribution in [3.8, 4) is 0 Å². The van der Waals surface area contributed by atoms with Gasteiger partial charge in [-0.3, -0.25) is 0 Å². The molecule has 0 nitrogen and oxygen atoms in total. The van der Waals surface area contributed by atoms with Crippen LogP contribution < -0.4 is 0 Å². The van der Waals surface area contributed by atoms with E-state index in [4.69, 9.17) is 11.6 Å². The van der Waals surface area contributed by atoms with Crippen LogP contribution in [0.25, 0.3) is 0 Å². The van der Waals surface area contributed by atoms with E-state index in [1.807, 2.05) is 0 Å². The molecular formula is C13H13BrClF3. The summed E-state index contributed by atoms with van der Waals surface area (Å²) in [5, 5.41) is 0.351. The zero-order valence-electron chi connectivity index (χ0n) is 9.61. The first kappa shape index (κ1) is 14.2. The van der Waals surface area contributed by atoms with Gasteiger partial charge in [0.1, 0.15) is 5.82 Å². The highest BCUT2D eigenvalue weighted by molar-refractivity contribution is 9.09. The lowest BCUT2D eigenvalue weighted by Gasteiger charge is -2.18. The molecular weight excluding hydrogens is 328 g/mol. The van der Waals surface area contributed by atoms with Crippen molar-refractivity contribution in [3.05, 3.63) is 34.6 Å². The molecule has 0 bridgehead atoms. The molecule has 5 heteroatoms. The highest BCUT2D eigenvalue weighted by Crippen LogP contribution is 2.43. The second-order valence-corrected chi connectivity index (χ2v) is 6.36. The van der Waals surface area contributed by atoms with Crippen molar-refractivity contribution in [1.29, 1.82) is 0 Å². The lowest BCUT2D eigenvalue weighted by Crippen LogP contribution is -2.18. The molecule has 1 aromatic rings. The van der Waals surface area contributed by atoms with Crippen molar-refractivity contribution in [2.24, 2.45) is 5.92 Å². The third-order valence-corrected chi connectivity index (χ3v) is 4.84. The van der Waals surface area contributed by atoms with Gasteiger partial charge in [0.05, 0.1) is 0 Å². The van der Waals surface area contributed by atoms with Crippen molar-refractivity contribution < 1.29 is 13.2 Å². The van der Waals surface area contributed by atoms with Crippen LogP contribution in [0.15, 0.2) is 18.2 Å². The molecule has 0 N–H and O–H groups in total. The van der Waals surface area contributed by atoms with Crippen LogP contribution in [-0.2, 0) is 6.42 Å². The Bertz CT molecular complexity index is 416. The number of hydrogen-bond acceptors (Lipinski definition) is 0. The lowest BCUT2D eigenvalue weighted by atomic mass is 9.97. The quantitative estimate of drug-likeness (QED) is 0.661. The summed E-state index contributed by atoms with van der Waals surface area (Å²) in [7, 11) is 0. The molecule has 0 aromatic heterocycles. The first-order valence-corrected chi connectivity index (χ1v) is 7.13. The minimum Gasteiger partial charge on any atom is -0.207 e. The van der Waals surface area contributed by atoms with Gasteiger partial charge < -0.3 is 0 Å². The smallest absolute Gasteiger partial charge is 0.207 e. The minimum atomic E-state index is -2.57. The highest BCUT2D eigenvalue weighted by atomic mass is 79.9. The second-order valence-electron chi connectivity index (χ2n) is 4.78. The van der Waals surface area contributed by atoms with Crippen molar-refractivity contribution in [1.82, 2.24) is 0 Å². The van der Waals surface area contributed by atoms with Gasteiger partial charge in [0.25, 0.3) is 0 Å². The zero-order chi connectivity index (χ0) is 13.3. The molecule has 0 saturated heterocycles. The van der Waals surface area contributed by atoms with Crippen molar-refractivity contribution in [2.75, 3.05) is 0 Å². The van der Waals surface area contributed by atoms with E-state index in [0.29, 0.717) is 23.4 Å². The Kier molecular flexibility index (Phi) is 4.27. The summed E-state index contributed by atoms with van der Waals surface area (Å²) in [5.74, 6) is -3.08. The van der Waals surface area contributed by atoms with E-state index < -0.39 is 5.92 Å². The Morgan fingerprint density at radius 3 is 2.72 bits per heavy atom. The Morgan fingerprint density at radius 2 is 2.17 bits per heavy atom. The third-order valence-electron chi connectivity index (χ3n) is 3.41. The summed E-state index contributed by atoms with van der Waals surface area (Å²) in [5.41, 5.74) is 0.399. The fourth-order valence-corrected chi connectivity index (χ4v) is 3.40. The van der Waals surface area contributed by atoms with E-state index >= 15 is 0 Å². The van der Waals surface area contributed by atoms with Crippen LogP contribution in [0.5, 0.6) is 0 Å². The molecule has 0 heterocycles. The number of hydrogen-bond donors (Lipinski definition) is 0. The van der Waals surface area contributed by atoms with Crippen LogP contribution >= 0.6 is 27.5 Å². The Balaban J connectivity index is 2.06. The van der Waals surface area contributed by atoms with Gasteiger partial charge >= 0.3 is 0 Å². The minimum absolute atomic E-state index is 0.0786. The summed E-state index contributed by atoms with van der Waals surface area (Å²) in [6.07, 6.45) is 0.598. The van der Waals surface area contributed by atoms with Gasteiger partial charge in [-0.1, -0.05) is 33.6 Å². The van der Waals surface area contributed by atoms with Crippen LogP contribution in [0, 0.1) is 11.7 Å². The monoisotopic (exact) mass is 340 g/mol. The SMILES string of the molecule is Fc1cccc(Cl)c1CC(Br)C1CCC(F)(F)C1. The zero-order valence-corrected chi connectivity index (χ0v) is 11.9. The molecule has 1 aromatic carbocycles. The largest absolute Gasteiger partial charge is 0.248 e. The van der Waals surface area contributed by atoms with Crippen LogP contribution in [-0.4, -0.2) is 10.7 Å². The van der Waals surface area contributed by atoms with E-state index in [2.05, 4.69) is 15.9 Å². The van der Waals surface area contributed by atoms with E-state index in [0.717, 1.165) is 0 Å². The normalized spacial score (nSPS) is 24.2. The van der Waals surface area contributed by atoms with Gasteiger partial charge in [-0.05, 0) is 30.9 Å². The summed E-state index contributed by atoms with van der Waals surface area (Å²) >= 11 is 9.33. The molecule has 1 aliphatic rings.